The molecule has 170 valence electrons. The number of benzene rings is 1. The van der Waals surface area contributed by atoms with Crippen molar-refractivity contribution in [3.8, 4) is 0 Å². The molecular formula is C23H28N4O4S. The van der Waals surface area contributed by atoms with Gasteiger partial charge in [0.15, 0.2) is 0 Å². The average Bonchev–Trinajstić information content (AvgIpc) is 3.46. The highest BCUT2D eigenvalue weighted by molar-refractivity contribution is 7.15. The largest absolute Gasteiger partial charge is 0.481 e. The number of nitrogens with one attached hydrogen (secondary N) is 1. The van der Waals surface area contributed by atoms with Gasteiger partial charge >= 0.3 is 5.97 Å². The molecule has 32 heavy (non-hydrogen) atoms. The molecule has 0 unspecified atom stereocenters. The fourth-order valence-electron chi connectivity index (χ4n) is 4.61. The monoisotopic (exact) mass is 456 g/mol. The summed E-state index contributed by atoms with van der Waals surface area (Å²) in [7, 11) is 0. The summed E-state index contributed by atoms with van der Waals surface area (Å²) in [6, 6.07) is 7.59. The lowest BCUT2D eigenvalue weighted by Crippen LogP contribution is -2.28. The Morgan fingerprint density at radius 2 is 1.72 bits per heavy atom. The van der Waals surface area contributed by atoms with Crippen molar-refractivity contribution >= 4 is 34.3 Å². The molecular weight excluding hydrogens is 428 g/mol. The molecule has 2 aromatic rings. The van der Waals surface area contributed by atoms with Gasteiger partial charge < -0.3 is 10.0 Å². The summed E-state index contributed by atoms with van der Waals surface area (Å²) >= 11 is 1.23. The summed E-state index contributed by atoms with van der Waals surface area (Å²) in [5, 5.41) is 20.8. The van der Waals surface area contributed by atoms with Crippen molar-refractivity contribution in [2.24, 2.45) is 5.92 Å². The van der Waals surface area contributed by atoms with Crippen LogP contribution in [0.2, 0.25) is 0 Å². The Hall–Kier alpha value is -2.81. The second-order valence-corrected chi connectivity index (χ2v) is 9.72. The van der Waals surface area contributed by atoms with Crippen molar-refractivity contribution in [2.75, 3.05) is 18.4 Å². The van der Waals surface area contributed by atoms with Crippen LogP contribution in [0.1, 0.15) is 71.8 Å². The molecule has 2 heterocycles. The van der Waals surface area contributed by atoms with Crippen LogP contribution in [0.3, 0.4) is 0 Å². The maximum absolute atomic E-state index is 12.6. The second kappa shape index (κ2) is 10.2. The highest BCUT2D eigenvalue weighted by Crippen LogP contribution is 2.37. The van der Waals surface area contributed by atoms with E-state index in [0.717, 1.165) is 51.6 Å². The summed E-state index contributed by atoms with van der Waals surface area (Å²) in [5.74, 6) is -0.226. The molecule has 0 atom stereocenters. The Bertz CT molecular complexity index is 961. The van der Waals surface area contributed by atoms with Gasteiger partial charge in [0.1, 0.15) is 5.01 Å². The molecule has 1 aromatic carbocycles. The smallest absolute Gasteiger partial charge is 0.303 e. The first-order valence-electron chi connectivity index (χ1n) is 11.2. The number of aliphatic carboxylic acids is 1. The zero-order valence-corrected chi connectivity index (χ0v) is 18.8. The van der Waals surface area contributed by atoms with E-state index in [9.17, 15) is 14.4 Å². The lowest BCUT2D eigenvalue weighted by Gasteiger charge is -2.28. The maximum Gasteiger partial charge on any atom is 0.303 e. The molecule has 2 N–H and O–H groups in total. The molecule has 1 aliphatic carbocycles. The van der Waals surface area contributed by atoms with Crippen LogP contribution in [0, 0.1) is 5.92 Å². The summed E-state index contributed by atoms with van der Waals surface area (Å²) in [6.07, 6.45) is 6.39. The Morgan fingerprint density at radius 3 is 2.38 bits per heavy atom. The highest BCUT2D eigenvalue weighted by Gasteiger charge is 2.24. The van der Waals surface area contributed by atoms with Crippen LogP contribution in [0.15, 0.2) is 24.3 Å². The molecule has 4 rings (SSSR count). The summed E-state index contributed by atoms with van der Waals surface area (Å²) in [6.45, 7) is 1.61. The molecule has 2 fully saturated rings. The van der Waals surface area contributed by atoms with Crippen LogP contribution < -0.4 is 5.32 Å². The van der Waals surface area contributed by atoms with Crippen molar-refractivity contribution in [1.82, 2.24) is 15.1 Å². The van der Waals surface area contributed by atoms with E-state index >= 15 is 0 Å². The molecule has 0 bridgehead atoms. The minimum Gasteiger partial charge on any atom is -0.481 e. The van der Waals surface area contributed by atoms with E-state index in [0.29, 0.717) is 21.6 Å². The van der Waals surface area contributed by atoms with Crippen LogP contribution in [0.5, 0.6) is 0 Å². The number of carbonyl (C=O) groups excluding carboxylic acids is 2. The minimum atomic E-state index is -0.718. The van der Waals surface area contributed by atoms with Crippen molar-refractivity contribution in [2.45, 2.75) is 57.3 Å². The SMILES string of the molecule is O=C(O)C[C@H]1CC[C@H](c2ccc(C(=O)Nc3nnc(CC(=O)N4CCCC4)s3)cc2)CC1. The van der Waals surface area contributed by atoms with Crippen molar-refractivity contribution < 1.29 is 19.5 Å². The summed E-state index contributed by atoms with van der Waals surface area (Å²) < 4.78 is 0. The fraction of sp³-hybridized carbons (Fsp3) is 0.522. The number of anilines is 1. The number of hydrogen-bond donors (Lipinski definition) is 2. The van der Waals surface area contributed by atoms with Crippen LogP contribution in [0.4, 0.5) is 5.13 Å². The molecule has 2 aliphatic rings. The van der Waals surface area contributed by atoms with Gasteiger partial charge in [0, 0.05) is 25.1 Å². The topological polar surface area (TPSA) is 112 Å². The number of likely N-dealkylation sites (tertiary alicyclic amines) is 1. The van der Waals surface area contributed by atoms with Crippen molar-refractivity contribution in [3.63, 3.8) is 0 Å². The van der Waals surface area contributed by atoms with E-state index in [1.165, 1.54) is 16.9 Å². The third-order valence-electron chi connectivity index (χ3n) is 6.40. The fourth-order valence-corrected chi connectivity index (χ4v) is 5.33. The predicted octanol–water partition coefficient (Wildman–Crippen LogP) is 3.70. The summed E-state index contributed by atoms with van der Waals surface area (Å²) in [5.41, 5.74) is 1.73. The molecule has 1 aliphatic heterocycles. The number of carboxylic acids is 1. The first-order valence-corrected chi connectivity index (χ1v) is 12.0. The zero-order chi connectivity index (χ0) is 22.5. The van der Waals surface area contributed by atoms with Crippen LogP contribution in [-0.4, -0.2) is 51.1 Å². The molecule has 1 aromatic heterocycles. The first kappa shape index (κ1) is 22.4. The molecule has 1 saturated carbocycles. The van der Waals surface area contributed by atoms with Gasteiger partial charge in [-0.25, -0.2) is 0 Å². The van der Waals surface area contributed by atoms with Crippen LogP contribution >= 0.6 is 11.3 Å². The van der Waals surface area contributed by atoms with Gasteiger partial charge in [-0.1, -0.05) is 23.5 Å². The van der Waals surface area contributed by atoms with Gasteiger partial charge in [-0.2, -0.15) is 0 Å². The van der Waals surface area contributed by atoms with E-state index in [1.54, 1.807) is 0 Å². The molecule has 8 nitrogen and oxygen atoms in total. The number of carboxylic acid groups (broad SMARTS) is 1. The number of nitrogens with zero attached hydrogens (tertiary/aromatic N) is 3. The van der Waals surface area contributed by atoms with E-state index in [-0.39, 0.29) is 30.6 Å². The third-order valence-corrected chi connectivity index (χ3v) is 7.24. The minimum absolute atomic E-state index is 0.0594. The van der Waals surface area contributed by atoms with Gasteiger partial charge in [-0.15, -0.1) is 10.2 Å². The average molecular weight is 457 g/mol. The number of amides is 2. The lowest BCUT2D eigenvalue weighted by molar-refractivity contribution is -0.138. The van der Waals surface area contributed by atoms with E-state index in [4.69, 9.17) is 5.11 Å². The van der Waals surface area contributed by atoms with Gasteiger partial charge in [0.05, 0.1) is 6.42 Å². The van der Waals surface area contributed by atoms with Gasteiger partial charge in [0.2, 0.25) is 11.0 Å². The normalized spacial score (nSPS) is 20.8. The Morgan fingerprint density at radius 1 is 1.03 bits per heavy atom. The number of carbonyl (C=O) groups is 3. The first-order chi connectivity index (χ1) is 15.5. The van der Waals surface area contributed by atoms with E-state index in [2.05, 4.69) is 15.5 Å². The number of aromatic nitrogens is 2. The maximum atomic E-state index is 12.6. The predicted molar refractivity (Wildman–Crippen MR) is 121 cm³/mol. The number of hydrogen-bond acceptors (Lipinski definition) is 6. The molecule has 2 amide bonds. The molecule has 9 heteroatoms. The quantitative estimate of drug-likeness (QED) is 0.657. The second-order valence-electron chi connectivity index (χ2n) is 8.66. The zero-order valence-electron chi connectivity index (χ0n) is 18.0. The third kappa shape index (κ3) is 5.70. The van der Waals surface area contributed by atoms with Gasteiger partial charge in [-0.05, 0) is 68.1 Å². The summed E-state index contributed by atoms with van der Waals surface area (Å²) in [4.78, 5) is 37.6. The molecule has 1 saturated heterocycles. The van der Waals surface area contributed by atoms with E-state index in [1.807, 2.05) is 29.2 Å². The van der Waals surface area contributed by atoms with Crippen molar-refractivity contribution in [1.29, 1.82) is 0 Å². The lowest BCUT2D eigenvalue weighted by atomic mass is 9.77. The van der Waals surface area contributed by atoms with Gasteiger partial charge in [0.25, 0.3) is 5.91 Å². The van der Waals surface area contributed by atoms with Gasteiger partial charge in [-0.3, -0.25) is 19.7 Å². The highest BCUT2D eigenvalue weighted by atomic mass is 32.1. The van der Waals surface area contributed by atoms with Crippen LogP contribution in [-0.2, 0) is 16.0 Å². The molecule has 0 spiro atoms. The standard InChI is InChI=1S/C23H28N4O4S/c28-20(27-11-1-2-12-27)14-19-25-26-23(32-19)24-22(31)18-9-7-17(8-10-18)16-5-3-15(4-6-16)13-21(29)30/h7-10,15-16H,1-6,11-14H2,(H,29,30)(H,24,26,31)/t15-,16-. The Labute approximate surface area is 191 Å². The Kier molecular flexibility index (Phi) is 7.14. The molecule has 0 radical (unpaired) electrons. The van der Waals surface area contributed by atoms with Crippen LogP contribution in [0.25, 0.3) is 0 Å². The number of rotatable bonds is 7. The van der Waals surface area contributed by atoms with Crippen molar-refractivity contribution in [3.05, 3.63) is 40.4 Å². The van der Waals surface area contributed by atoms with E-state index < -0.39 is 5.97 Å². The Balaban J connectivity index is 1.28.